The fourth-order valence-corrected chi connectivity index (χ4v) is 15.8. The Morgan fingerprint density at radius 3 is 0.827 bits per heavy atom. The molecule has 0 amide bonds. The third-order valence-electron chi connectivity index (χ3n) is 23.8. The van der Waals surface area contributed by atoms with E-state index < -0.39 is 17.5 Å². The molecule has 13 nitrogen and oxygen atoms in total. The number of hydrogen-bond acceptors (Lipinski definition) is 13. The summed E-state index contributed by atoms with van der Waals surface area (Å²) in [6.07, 6.45) is 73.7. The molecule has 0 saturated carbocycles. The third-order valence-corrected chi connectivity index (χ3v) is 24.1. The lowest BCUT2D eigenvalue weighted by Crippen LogP contribution is -2.13. The van der Waals surface area contributed by atoms with Gasteiger partial charge < -0.3 is 63.8 Å². The topological polar surface area (TPSA) is 186 Å². The maximum Gasteiger partial charge on any atom is 0.416 e. The van der Waals surface area contributed by atoms with Gasteiger partial charge in [-0.2, -0.15) is 13.2 Å². The first kappa shape index (κ1) is 124. The molecule has 0 unspecified atom stereocenters. The van der Waals surface area contributed by atoms with Gasteiger partial charge in [-0.15, -0.1) is 0 Å². The highest BCUT2D eigenvalue weighted by molar-refractivity contribution is 6.32. The first-order valence-corrected chi connectivity index (χ1v) is 53.7. The molecule has 6 N–H and O–H groups in total. The zero-order valence-electron chi connectivity index (χ0n) is 86.1. The van der Waals surface area contributed by atoms with E-state index in [0.717, 1.165) is 111 Å². The Balaban J connectivity index is 0.000000799. The van der Waals surface area contributed by atoms with Crippen LogP contribution < -0.4 is 33.2 Å². The molecule has 17 heteroatoms. The summed E-state index contributed by atoms with van der Waals surface area (Å²) >= 11 is 5.99. The number of methoxy groups -OCH3 is 1. The maximum absolute atomic E-state index is 12.6. The van der Waals surface area contributed by atoms with Gasteiger partial charge in [0.2, 0.25) is 0 Å². The molecule has 0 spiro atoms. The second-order valence-electron chi connectivity index (χ2n) is 37.7. The Hall–Kier alpha value is -7.20. The zero-order chi connectivity index (χ0) is 97.7. The van der Waals surface area contributed by atoms with Crippen molar-refractivity contribution in [2.75, 3.05) is 46.8 Å². The summed E-state index contributed by atoms with van der Waals surface area (Å²) < 4.78 is 77.1. The average molecular weight is 1890 g/mol. The molecule has 6 aromatic carbocycles. The van der Waals surface area contributed by atoms with E-state index in [9.17, 15) is 43.8 Å². The van der Waals surface area contributed by atoms with E-state index in [1.54, 1.807) is 79.9 Å². The van der Waals surface area contributed by atoms with Crippen molar-refractivity contribution in [1.29, 1.82) is 0 Å². The monoisotopic (exact) mass is 1890 g/mol. The summed E-state index contributed by atoms with van der Waals surface area (Å²) in [7, 11) is 1.61. The average Bonchev–Trinajstić information content (AvgIpc) is 0.826. The molecule has 0 bridgehead atoms. The van der Waals surface area contributed by atoms with Gasteiger partial charge in [-0.3, -0.25) is 0 Å². The zero-order valence-corrected chi connectivity index (χ0v) is 86.9. The number of aromatic hydroxyl groups is 6. The minimum atomic E-state index is -4.48. The lowest BCUT2D eigenvalue weighted by molar-refractivity contribution is -0.137. The quantitative estimate of drug-likeness (QED) is 0.0198. The highest BCUT2D eigenvalue weighted by Crippen LogP contribution is 2.38. The molecule has 0 saturated heterocycles. The number of aryl methyl sites for hydroxylation is 2. The Kier molecular flexibility index (Phi) is 79.3. The summed E-state index contributed by atoms with van der Waals surface area (Å²) in [5, 5.41) is 57.4. The number of ether oxygens (including phenoxy) is 7. The number of phenolic OH excluding ortho intramolecular Hbond substituents is 6. The van der Waals surface area contributed by atoms with E-state index in [2.05, 4.69) is 62.3 Å². The Morgan fingerprint density at radius 2 is 0.504 bits per heavy atom. The van der Waals surface area contributed by atoms with Gasteiger partial charge in [0, 0.05) is 36.4 Å². The van der Waals surface area contributed by atoms with Crippen LogP contribution in [0.3, 0.4) is 0 Å². The molecule has 0 aliphatic heterocycles. The van der Waals surface area contributed by atoms with Gasteiger partial charge in [-0.05, 0) is 135 Å². The van der Waals surface area contributed by atoms with Crippen molar-refractivity contribution in [3.05, 3.63) is 136 Å². The van der Waals surface area contributed by atoms with Crippen LogP contribution in [0.5, 0.6) is 74.7 Å². The van der Waals surface area contributed by atoms with Gasteiger partial charge in [0.1, 0.15) is 63.2 Å². The first-order chi connectivity index (χ1) is 64.3. The number of hydrogen-bond donors (Lipinski definition) is 6. The van der Waals surface area contributed by atoms with Gasteiger partial charge in [0.05, 0.1) is 57.3 Å². The SMILES string of the molecule is CCCCCCCCCCCCOc1cc(C)cc(O)c1.CCCCCCCCCCCCOc1cc(O)cc(C(F)(F)F)c1.CCCCCCCCCCCCOc1cc(O)ccc1C.CCCCCCCCCCCCOc1cc(O)ccc1C(C)(C)C.CCCCCCCCCCCCOc1cc(O)ccc1Cl.CCCCCCCCCCCCOc1cc(O)ccc1OC. The van der Waals surface area contributed by atoms with E-state index in [-0.39, 0.29) is 39.9 Å². The molecular weight excluding hydrogens is 1690 g/mol. The molecule has 0 aliphatic rings. The van der Waals surface area contributed by atoms with Gasteiger partial charge in [-0.25, -0.2) is 0 Å². The Labute approximate surface area is 814 Å². The van der Waals surface area contributed by atoms with Crippen LogP contribution in [0, 0.1) is 13.8 Å². The number of halogens is 4. The minimum absolute atomic E-state index is 0.0286. The largest absolute Gasteiger partial charge is 0.508 e. The number of benzene rings is 6. The van der Waals surface area contributed by atoms with Crippen LogP contribution in [0.25, 0.3) is 0 Å². The smallest absolute Gasteiger partial charge is 0.416 e. The molecule has 133 heavy (non-hydrogen) atoms. The molecule has 0 heterocycles. The lowest BCUT2D eigenvalue weighted by atomic mass is 9.86. The summed E-state index contributed by atoms with van der Waals surface area (Å²) in [4.78, 5) is 0. The molecule has 6 rings (SSSR count). The second kappa shape index (κ2) is 85.2. The van der Waals surface area contributed by atoms with Crippen molar-refractivity contribution >= 4 is 11.6 Å². The van der Waals surface area contributed by atoms with E-state index in [0.29, 0.717) is 48.2 Å². The van der Waals surface area contributed by atoms with Crippen LogP contribution in [0.4, 0.5) is 13.2 Å². The molecule has 0 radical (unpaired) electrons. The summed E-state index contributed by atoms with van der Waals surface area (Å²) in [5.41, 5.74) is 2.42. The predicted molar refractivity (Wildman–Crippen MR) is 557 cm³/mol. The highest BCUT2D eigenvalue weighted by Gasteiger charge is 2.32. The normalized spacial score (nSPS) is 11.1. The molecular formula is C116H192ClF3O13. The van der Waals surface area contributed by atoms with Crippen LogP contribution in [0.2, 0.25) is 5.02 Å². The van der Waals surface area contributed by atoms with E-state index in [1.807, 2.05) is 32.0 Å². The lowest BCUT2D eigenvalue weighted by Gasteiger charge is -2.23. The van der Waals surface area contributed by atoms with Crippen molar-refractivity contribution in [3.63, 3.8) is 0 Å². The second-order valence-corrected chi connectivity index (χ2v) is 38.1. The Bertz CT molecular complexity index is 3540. The summed E-state index contributed by atoms with van der Waals surface area (Å²) in [6.45, 7) is 28.0. The van der Waals surface area contributed by atoms with Crippen molar-refractivity contribution in [2.24, 2.45) is 0 Å². The van der Waals surface area contributed by atoms with Crippen LogP contribution in [0.1, 0.15) is 470 Å². The van der Waals surface area contributed by atoms with E-state index >= 15 is 0 Å². The summed E-state index contributed by atoms with van der Waals surface area (Å²) in [5.74, 6) is 5.17. The standard InChI is InChI=1S/C22H38O2.C19H29F3O2.C19H32O3.2C19H32O2.C18H29ClO2/c1-5-6-7-8-9-10-11-12-13-14-17-24-21-18-19(23)15-16-20(21)22(2,3)4;1-2-3-4-5-6-7-8-9-10-11-12-24-18-14-16(19(20,21)22)13-17(23)15-18;1-3-4-5-6-7-8-9-10-11-12-15-22-19-16-17(20)13-14-18(19)21-2;1-3-4-5-6-7-8-9-10-11-12-15-21-19-16-18(20)14-13-17(19)2;1-3-4-5-6-7-8-9-10-11-12-13-21-19-15-17(2)14-18(20)16-19;1-2-3-4-5-6-7-8-9-10-11-14-21-18-15-16(20)12-13-17(18)19/h15-16,18,23H,5-14,17H2,1-4H3;13-15,23H,2-12H2,1H3;13-14,16,20H,3-12,15H2,1-2H3;13-14,16,20H,3-12,15H2,1-2H3;14-16,20H,3-13H2,1-2H3;12-13,15,20H,2-11,14H2,1H3. The fourth-order valence-electron chi connectivity index (χ4n) is 15.7. The molecule has 0 fully saturated rings. The molecule has 0 aromatic heterocycles. The number of alkyl halides is 3. The highest BCUT2D eigenvalue weighted by atomic mass is 35.5. The van der Waals surface area contributed by atoms with Crippen molar-refractivity contribution < 1.29 is 77.0 Å². The summed E-state index contributed by atoms with van der Waals surface area (Å²) in [6, 6.07) is 28.7. The molecule has 0 aliphatic carbocycles. The molecule has 6 aromatic rings. The third kappa shape index (κ3) is 72.8. The maximum atomic E-state index is 12.6. The van der Waals surface area contributed by atoms with Crippen molar-refractivity contribution in [2.45, 2.75) is 473 Å². The van der Waals surface area contributed by atoms with E-state index in [1.165, 1.54) is 340 Å². The molecule has 762 valence electrons. The first-order valence-electron chi connectivity index (χ1n) is 53.3. The number of unbranched alkanes of at least 4 members (excludes halogenated alkanes) is 54. The van der Waals surface area contributed by atoms with Gasteiger partial charge in [0.15, 0.2) is 11.5 Å². The number of rotatable bonds is 73. The van der Waals surface area contributed by atoms with Crippen molar-refractivity contribution in [1.82, 2.24) is 0 Å². The van der Waals surface area contributed by atoms with Gasteiger partial charge in [0.25, 0.3) is 0 Å². The van der Waals surface area contributed by atoms with Gasteiger partial charge in [-0.1, -0.05) is 433 Å². The Morgan fingerprint density at radius 1 is 0.248 bits per heavy atom. The van der Waals surface area contributed by atoms with Crippen LogP contribution in [-0.2, 0) is 11.6 Å². The fraction of sp³-hybridized carbons (Fsp3) is 0.690. The molecule has 0 atom stereocenters. The van der Waals surface area contributed by atoms with Crippen LogP contribution >= 0.6 is 11.6 Å². The minimum Gasteiger partial charge on any atom is -0.508 e. The van der Waals surface area contributed by atoms with Crippen LogP contribution in [-0.4, -0.2) is 77.4 Å². The predicted octanol–water partition coefficient (Wildman–Crippen LogP) is 37.7. The van der Waals surface area contributed by atoms with E-state index in [4.69, 9.17) is 44.8 Å². The van der Waals surface area contributed by atoms with Crippen LogP contribution in [0.15, 0.2) is 109 Å². The van der Waals surface area contributed by atoms with Gasteiger partial charge >= 0.3 is 6.18 Å². The number of phenols is 6. The van der Waals surface area contributed by atoms with Crippen molar-refractivity contribution in [3.8, 4) is 74.7 Å².